The Bertz CT molecular complexity index is 771. The molecule has 0 radical (unpaired) electrons. The number of amides is 3. The van der Waals surface area contributed by atoms with Gasteiger partial charge in [-0.1, -0.05) is 48.0 Å². The molecule has 5 nitrogen and oxygen atoms in total. The molecule has 1 aliphatic heterocycles. The van der Waals surface area contributed by atoms with Crippen molar-refractivity contribution in [1.82, 2.24) is 10.6 Å². The lowest BCUT2D eigenvalue weighted by Crippen LogP contribution is -2.49. The Hall–Kier alpha value is -2.82. The van der Waals surface area contributed by atoms with Crippen molar-refractivity contribution in [1.29, 1.82) is 0 Å². The lowest BCUT2D eigenvalue weighted by molar-refractivity contribution is -0.119. The molecule has 3 rings (SSSR count). The number of anilines is 1. The zero-order chi connectivity index (χ0) is 17.8. The molecule has 5 heteroatoms. The number of rotatable bonds is 4. The molecule has 1 atom stereocenters. The van der Waals surface area contributed by atoms with E-state index in [9.17, 15) is 9.59 Å². The van der Waals surface area contributed by atoms with Crippen LogP contribution in [0.15, 0.2) is 48.5 Å². The van der Waals surface area contributed by atoms with Gasteiger partial charge in [0.1, 0.15) is 6.04 Å². The van der Waals surface area contributed by atoms with Gasteiger partial charge in [0.25, 0.3) is 0 Å². The Morgan fingerprint density at radius 3 is 2.60 bits per heavy atom. The highest BCUT2D eigenvalue weighted by Gasteiger charge is 2.28. The molecule has 0 saturated carbocycles. The molecule has 1 aliphatic rings. The van der Waals surface area contributed by atoms with Crippen molar-refractivity contribution in [3.63, 3.8) is 0 Å². The van der Waals surface area contributed by atoms with E-state index in [1.807, 2.05) is 55.5 Å². The van der Waals surface area contributed by atoms with Crippen molar-refractivity contribution in [2.24, 2.45) is 0 Å². The number of aryl methyl sites for hydroxylation is 1. The van der Waals surface area contributed by atoms with E-state index in [2.05, 4.69) is 10.6 Å². The van der Waals surface area contributed by atoms with E-state index in [4.69, 9.17) is 0 Å². The predicted octanol–water partition coefficient (Wildman–Crippen LogP) is 2.77. The van der Waals surface area contributed by atoms with Gasteiger partial charge in [0.05, 0.1) is 0 Å². The van der Waals surface area contributed by atoms with Crippen LogP contribution in [0, 0.1) is 6.92 Å². The summed E-state index contributed by atoms with van der Waals surface area (Å²) < 4.78 is 0. The molecule has 0 aromatic heterocycles. The number of para-hydroxylation sites is 1. The Balaban J connectivity index is 1.53. The number of hydrogen-bond donors (Lipinski definition) is 2. The lowest BCUT2D eigenvalue weighted by Gasteiger charge is -2.22. The highest BCUT2D eigenvalue weighted by molar-refractivity contribution is 6.00. The SMILES string of the molecule is Cc1ccc(CNC(=O)NC(C)C(=O)N2CCc3ccccc32)cc1. The van der Waals surface area contributed by atoms with E-state index in [1.54, 1.807) is 11.8 Å². The van der Waals surface area contributed by atoms with Crippen LogP contribution in [0.1, 0.15) is 23.6 Å². The Morgan fingerprint density at radius 2 is 1.84 bits per heavy atom. The van der Waals surface area contributed by atoms with Crippen LogP contribution in [0.3, 0.4) is 0 Å². The van der Waals surface area contributed by atoms with Crippen LogP contribution in [0.4, 0.5) is 10.5 Å². The van der Waals surface area contributed by atoms with Crippen LogP contribution in [0.5, 0.6) is 0 Å². The van der Waals surface area contributed by atoms with Crippen molar-refractivity contribution in [3.05, 3.63) is 65.2 Å². The van der Waals surface area contributed by atoms with Crippen molar-refractivity contribution >= 4 is 17.6 Å². The molecule has 2 aromatic rings. The summed E-state index contributed by atoms with van der Waals surface area (Å²) >= 11 is 0. The first kappa shape index (κ1) is 17.0. The molecule has 0 saturated heterocycles. The van der Waals surface area contributed by atoms with Crippen LogP contribution in [0.25, 0.3) is 0 Å². The van der Waals surface area contributed by atoms with Gasteiger partial charge in [-0.3, -0.25) is 4.79 Å². The van der Waals surface area contributed by atoms with Crippen molar-refractivity contribution in [2.45, 2.75) is 32.9 Å². The average Bonchev–Trinajstić information content (AvgIpc) is 3.04. The molecular formula is C20H23N3O2. The third kappa shape index (κ3) is 3.99. The minimum absolute atomic E-state index is 0.0876. The summed E-state index contributed by atoms with van der Waals surface area (Å²) in [5, 5.41) is 5.52. The number of nitrogens with zero attached hydrogens (tertiary/aromatic N) is 1. The lowest BCUT2D eigenvalue weighted by atomic mass is 10.1. The normalized spacial score (nSPS) is 13.9. The van der Waals surface area contributed by atoms with Crippen LogP contribution in [-0.4, -0.2) is 24.5 Å². The minimum atomic E-state index is -0.579. The van der Waals surface area contributed by atoms with Gasteiger partial charge in [-0.15, -0.1) is 0 Å². The summed E-state index contributed by atoms with van der Waals surface area (Å²) in [4.78, 5) is 26.5. The average molecular weight is 337 g/mol. The number of benzene rings is 2. The Labute approximate surface area is 148 Å². The fraction of sp³-hybridized carbons (Fsp3) is 0.300. The topological polar surface area (TPSA) is 61.4 Å². The second-order valence-electron chi connectivity index (χ2n) is 6.40. The third-order valence-electron chi connectivity index (χ3n) is 4.44. The van der Waals surface area contributed by atoms with Crippen LogP contribution in [0.2, 0.25) is 0 Å². The summed E-state index contributed by atoms with van der Waals surface area (Å²) in [6.07, 6.45) is 0.855. The van der Waals surface area contributed by atoms with E-state index in [1.165, 1.54) is 11.1 Å². The smallest absolute Gasteiger partial charge is 0.315 e. The highest BCUT2D eigenvalue weighted by Crippen LogP contribution is 2.27. The summed E-state index contributed by atoms with van der Waals surface area (Å²) in [7, 11) is 0. The van der Waals surface area contributed by atoms with Crippen molar-refractivity contribution in [3.8, 4) is 0 Å². The number of fused-ring (bicyclic) bond motifs is 1. The maximum atomic E-state index is 12.6. The quantitative estimate of drug-likeness (QED) is 0.901. The largest absolute Gasteiger partial charge is 0.334 e. The zero-order valence-electron chi connectivity index (χ0n) is 14.6. The molecule has 0 spiro atoms. The molecule has 0 aliphatic carbocycles. The van der Waals surface area contributed by atoms with Crippen LogP contribution < -0.4 is 15.5 Å². The Kier molecular flexibility index (Phi) is 5.03. The molecule has 2 aromatic carbocycles. The molecule has 25 heavy (non-hydrogen) atoms. The molecule has 2 N–H and O–H groups in total. The third-order valence-corrected chi connectivity index (χ3v) is 4.44. The summed E-state index contributed by atoms with van der Waals surface area (Å²) in [6.45, 7) is 4.83. The van der Waals surface area contributed by atoms with Gasteiger partial charge in [-0.25, -0.2) is 4.79 Å². The molecule has 1 heterocycles. The van der Waals surface area contributed by atoms with E-state index in [-0.39, 0.29) is 11.9 Å². The highest BCUT2D eigenvalue weighted by atomic mass is 16.2. The summed E-state index contributed by atoms with van der Waals surface area (Å²) in [5.41, 5.74) is 4.32. The number of carbonyl (C=O) groups is 2. The number of urea groups is 1. The molecule has 0 bridgehead atoms. The molecule has 1 unspecified atom stereocenters. The fourth-order valence-corrected chi connectivity index (χ4v) is 3.00. The number of hydrogen-bond acceptors (Lipinski definition) is 2. The van der Waals surface area contributed by atoms with Gasteiger partial charge in [0, 0.05) is 18.8 Å². The first-order chi connectivity index (χ1) is 12.0. The van der Waals surface area contributed by atoms with E-state index < -0.39 is 6.04 Å². The first-order valence-corrected chi connectivity index (χ1v) is 8.54. The van der Waals surface area contributed by atoms with Crippen molar-refractivity contribution < 1.29 is 9.59 Å². The maximum Gasteiger partial charge on any atom is 0.315 e. The van der Waals surface area contributed by atoms with Crippen molar-refractivity contribution in [2.75, 3.05) is 11.4 Å². The van der Waals surface area contributed by atoms with E-state index in [0.717, 1.165) is 17.7 Å². The molecule has 130 valence electrons. The molecule has 0 fully saturated rings. The maximum absolute atomic E-state index is 12.6. The van der Waals surface area contributed by atoms with Gasteiger partial charge in [-0.05, 0) is 37.5 Å². The van der Waals surface area contributed by atoms with E-state index in [0.29, 0.717) is 13.1 Å². The summed E-state index contributed by atoms with van der Waals surface area (Å²) in [5.74, 6) is -0.0876. The fourth-order valence-electron chi connectivity index (χ4n) is 3.00. The van der Waals surface area contributed by atoms with Gasteiger partial charge >= 0.3 is 6.03 Å². The predicted molar refractivity (Wildman–Crippen MR) is 98.5 cm³/mol. The monoisotopic (exact) mass is 337 g/mol. The van der Waals surface area contributed by atoms with Gasteiger partial charge in [0.2, 0.25) is 5.91 Å². The van der Waals surface area contributed by atoms with E-state index >= 15 is 0 Å². The van der Waals surface area contributed by atoms with Gasteiger partial charge < -0.3 is 15.5 Å². The van der Waals surface area contributed by atoms with Gasteiger partial charge in [-0.2, -0.15) is 0 Å². The van der Waals surface area contributed by atoms with Crippen LogP contribution >= 0.6 is 0 Å². The number of nitrogens with one attached hydrogen (secondary N) is 2. The minimum Gasteiger partial charge on any atom is -0.334 e. The molecular weight excluding hydrogens is 314 g/mol. The van der Waals surface area contributed by atoms with Crippen LogP contribution in [-0.2, 0) is 17.8 Å². The standard InChI is InChI=1S/C20H23N3O2/c1-14-7-9-16(10-8-14)13-21-20(25)22-15(2)19(24)23-12-11-17-5-3-4-6-18(17)23/h3-10,15H,11-13H2,1-2H3,(H2,21,22,25). The summed E-state index contributed by atoms with van der Waals surface area (Å²) in [6, 6.07) is 14.9. The number of carbonyl (C=O) groups excluding carboxylic acids is 2. The van der Waals surface area contributed by atoms with Gasteiger partial charge in [0.15, 0.2) is 0 Å². The molecule has 3 amide bonds. The Morgan fingerprint density at radius 1 is 1.12 bits per heavy atom. The second-order valence-corrected chi connectivity index (χ2v) is 6.40. The second kappa shape index (κ2) is 7.38. The first-order valence-electron chi connectivity index (χ1n) is 8.54. The zero-order valence-corrected chi connectivity index (χ0v) is 14.6.